The Kier molecular flexibility index (Phi) is 6.74. The Morgan fingerprint density at radius 2 is 1.89 bits per heavy atom. The molecule has 0 spiro atoms. The molecule has 1 fully saturated rings. The number of quaternary nitrogens is 1. The molecule has 2 aromatic carbocycles. The quantitative estimate of drug-likeness (QED) is 0.617. The highest BCUT2D eigenvalue weighted by Crippen LogP contribution is 2.12. The molecule has 5 heteroatoms. The van der Waals surface area contributed by atoms with Gasteiger partial charge in [-0.05, 0) is 42.9 Å². The van der Waals surface area contributed by atoms with E-state index in [1.165, 1.54) is 5.56 Å². The maximum Gasteiger partial charge on any atom is 0.173 e. The van der Waals surface area contributed by atoms with Crippen molar-refractivity contribution in [3.05, 3.63) is 71.8 Å². The standard InChI is InChI=1S/C22H25N3OS/c1-18(26)20-10-5-11-21(17-20)23-22(27)25-15-13-24(14-16-25)12-6-9-19-7-3-2-4-8-19/h2-11,17H,12-16H2,1H3,(H,23,27)/p+1/b9-6+. The molecule has 0 aliphatic carbocycles. The van der Waals surface area contributed by atoms with Gasteiger partial charge in [-0.2, -0.15) is 0 Å². The van der Waals surface area contributed by atoms with Crippen LogP contribution in [0.1, 0.15) is 22.8 Å². The lowest BCUT2D eigenvalue weighted by Crippen LogP contribution is -3.14. The maximum atomic E-state index is 11.5. The highest BCUT2D eigenvalue weighted by atomic mass is 32.1. The van der Waals surface area contributed by atoms with E-state index in [1.54, 1.807) is 11.8 Å². The molecule has 27 heavy (non-hydrogen) atoms. The van der Waals surface area contributed by atoms with E-state index in [1.807, 2.05) is 30.3 Å². The molecule has 140 valence electrons. The fraction of sp³-hybridized carbons (Fsp3) is 0.273. The van der Waals surface area contributed by atoms with Gasteiger partial charge in [0.1, 0.15) is 0 Å². The highest BCUT2D eigenvalue weighted by molar-refractivity contribution is 7.80. The number of carbonyl (C=O) groups is 1. The highest BCUT2D eigenvalue weighted by Gasteiger charge is 2.20. The summed E-state index contributed by atoms with van der Waals surface area (Å²) in [6.07, 6.45) is 4.44. The molecule has 0 radical (unpaired) electrons. The minimum atomic E-state index is 0.0605. The van der Waals surface area contributed by atoms with Gasteiger partial charge >= 0.3 is 0 Å². The van der Waals surface area contributed by atoms with Gasteiger partial charge in [0.05, 0.1) is 32.7 Å². The number of nitrogens with one attached hydrogen (secondary N) is 2. The molecular weight excluding hydrogens is 354 g/mol. The van der Waals surface area contributed by atoms with Crippen LogP contribution in [0.2, 0.25) is 0 Å². The molecule has 0 aromatic heterocycles. The van der Waals surface area contributed by atoms with Gasteiger partial charge in [-0.25, -0.2) is 0 Å². The van der Waals surface area contributed by atoms with Crippen molar-refractivity contribution in [2.45, 2.75) is 6.92 Å². The smallest absolute Gasteiger partial charge is 0.173 e. The molecule has 0 amide bonds. The monoisotopic (exact) mass is 380 g/mol. The number of anilines is 1. The molecule has 1 saturated heterocycles. The number of Topliss-reactive ketones (excluding diaryl/α,β-unsaturated/α-hetero) is 1. The second-order valence-electron chi connectivity index (χ2n) is 6.82. The Labute approximate surface area is 166 Å². The number of hydrogen-bond donors (Lipinski definition) is 2. The predicted molar refractivity (Wildman–Crippen MR) is 115 cm³/mol. The van der Waals surface area contributed by atoms with Gasteiger partial charge in [0.15, 0.2) is 10.9 Å². The van der Waals surface area contributed by atoms with Gasteiger partial charge in [-0.1, -0.05) is 48.5 Å². The minimum absolute atomic E-state index is 0.0605. The summed E-state index contributed by atoms with van der Waals surface area (Å²) in [5.41, 5.74) is 2.81. The molecule has 1 heterocycles. The van der Waals surface area contributed by atoms with Gasteiger partial charge in [-0.15, -0.1) is 0 Å². The number of carbonyl (C=O) groups excluding carboxylic acids is 1. The first-order valence-electron chi connectivity index (χ1n) is 9.34. The van der Waals surface area contributed by atoms with Gasteiger partial charge < -0.3 is 15.1 Å². The topological polar surface area (TPSA) is 36.8 Å². The molecule has 0 atom stereocenters. The Balaban J connectivity index is 1.46. The third-order valence-corrected chi connectivity index (χ3v) is 5.15. The summed E-state index contributed by atoms with van der Waals surface area (Å²) in [5, 5.41) is 4.00. The predicted octanol–water partition coefficient (Wildman–Crippen LogP) is 2.50. The molecule has 3 rings (SSSR count). The zero-order valence-corrected chi connectivity index (χ0v) is 16.5. The van der Waals surface area contributed by atoms with Crippen LogP contribution in [0.4, 0.5) is 5.69 Å². The van der Waals surface area contributed by atoms with Crippen molar-refractivity contribution < 1.29 is 9.69 Å². The first kappa shape index (κ1) is 19.3. The average Bonchev–Trinajstić information content (AvgIpc) is 2.69. The zero-order valence-electron chi connectivity index (χ0n) is 15.7. The van der Waals surface area contributed by atoms with Crippen molar-refractivity contribution >= 4 is 34.9 Å². The molecule has 2 N–H and O–H groups in total. The van der Waals surface area contributed by atoms with E-state index in [-0.39, 0.29) is 5.78 Å². The molecule has 0 unspecified atom stereocenters. The number of nitrogens with zero attached hydrogens (tertiary/aromatic N) is 1. The molecule has 2 aromatic rings. The van der Waals surface area contributed by atoms with Crippen LogP contribution < -0.4 is 10.2 Å². The van der Waals surface area contributed by atoms with E-state index in [9.17, 15) is 4.79 Å². The number of piperazine rings is 1. The van der Waals surface area contributed by atoms with E-state index in [4.69, 9.17) is 12.2 Å². The average molecular weight is 381 g/mol. The maximum absolute atomic E-state index is 11.5. The molecule has 0 saturated carbocycles. The fourth-order valence-electron chi connectivity index (χ4n) is 3.17. The van der Waals surface area contributed by atoms with Gasteiger partial charge in [0.2, 0.25) is 0 Å². The van der Waals surface area contributed by atoms with Crippen LogP contribution in [-0.4, -0.2) is 48.5 Å². The normalized spacial score (nSPS) is 15.1. The largest absolute Gasteiger partial charge is 0.338 e. The second kappa shape index (κ2) is 9.44. The van der Waals surface area contributed by atoms with E-state index in [2.05, 4.69) is 46.6 Å². The van der Waals surface area contributed by atoms with Crippen LogP contribution in [-0.2, 0) is 0 Å². The summed E-state index contributed by atoms with van der Waals surface area (Å²) < 4.78 is 0. The summed E-state index contributed by atoms with van der Waals surface area (Å²) in [6.45, 7) is 6.61. The lowest BCUT2D eigenvalue weighted by Gasteiger charge is -2.33. The summed E-state index contributed by atoms with van der Waals surface area (Å²) in [5.74, 6) is 0.0605. The second-order valence-corrected chi connectivity index (χ2v) is 7.21. The van der Waals surface area contributed by atoms with Crippen LogP contribution in [0, 0.1) is 0 Å². The number of thiocarbonyl (C=S) groups is 1. The summed E-state index contributed by atoms with van der Waals surface area (Å²) in [4.78, 5) is 15.3. The van der Waals surface area contributed by atoms with Crippen molar-refractivity contribution in [3.63, 3.8) is 0 Å². The molecule has 1 aliphatic rings. The summed E-state index contributed by atoms with van der Waals surface area (Å²) in [7, 11) is 0. The first-order chi connectivity index (χ1) is 13.1. The third-order valence-electron chi connectivity index (χ3n) is 4.79. The summed E-state index contributed by atoms with van der Waals surface area (Å²) in [6, 6.07) is 17.9. The van der Waals surface area contributed by atoms with E-state index in [0.717, 1.165) is 43.5 Å². The number of rotatable bonds is 5. The fourth-order valence-corrected chi connectivity index (χ4v) is 3.47. The molecule has 4 nitrogen and oxygen atoms in total. The van der Waals surface area contributed by atoms with Crippen molar-refractivity contribution in [3.8, 4) is 0 Å². The number of hydrogen-bond acceptors (Lipinski definition) is 2. The Morgan fingerprint density at radius 1 is 1.15 bits per heavy atom. The Morgan fingerprint density at radius 3 is 2.59 bits per heavy atom. The van der Waals surface area contributed by atoms with Crippen molar-refractivity contribution in [2.24, 2.45) is 0 Å². The molecule has 1 aliphatic heterocycles. The Bertz CT molecular complexity index is 811. The third kappa shape index (κ3) is 5.74. The lowest BCUT2D eigenvalue weighted by atomic mass is 10.1. The van der Waals surface area contributed by atoms with Crippen molar-refractivity contribution in [2.75, 3.05) is 38.0 Å². The van der Waals surface area contributed by atoms with E-state index >= 15 is 0 Å². The Hall–Kier alpha value is -2.50. The van der Waals surface area contributed by atoms with Gasteiger partial charge in [-0.3, -0.25) is 4.79 Å². The lowest BCUT2D eigenvalue weighted by molar-refractivity contribution is -0.897. The van der Waals surface area contributed by atoms with Crippen molar-refractivity contribution in [1.82, 2.24) is 4.90 Å². The van der Waals surface area contributed by atoms with E-state index < -0.39 is 0 Å². The summed E-state index contributed by atoms with van der Waals surface area (Å²) >= 11 is 5.56. The molecular formula is C22H26N3OS+. The van der Waals surface area contributed by atoms with Gasteiger partial charge in [0, 0.05) is 11.3 Å². The first-order valence-corrected chi connectivity index (χ1v) is 9.75. The van der Waals surface area contributed by atoms with Crippen molar-refractivity contribution in [1.29, 1.82) is 0 Å². The van der Waals surface area contributed by atoms with E-state index in [0.29, 0.717) is 5.56 Å². The zero-order chi connectivity index (χ0) is 19.1. The number of benzene rings is 2. The van der Waals surface area contributed by atoms with Crippen LogP contribution >= 0.6 is 12.2 Å². The number of ketones is 1. The molecule has 0 bridgehead atoms. The van der Waals surface area contributed by atoms with Crippen LogP contribution in [0.5, 0.6) is 0 Å². The minimum Gasteiger partial charge on any atom is -0.338 e. The van der Waals surface area contributed by atoms with Crippen LogP contribution in [0.3, 0.4) is 0 Å². The van der Waals surface area contributed by atoms with Crippen LogP contribution in [0.15, 0.2) is 60.7 Å². The van der Waals surface area contributed by atoms with Crippen LogP contribution in [0.25, 0.3) is 6.08 Å². The SMILES string of the molecule is CC(=O)c1cccc(NC(=S)N2CC[NH+](C/C=C/c3ccccc3)CC2)c1. The van der Waals surface area contributed by atoms with Gasteiger partial charge in [0.25, 0.3) is 0 Å².